The van der Waals surface area contributed by atoms with E-state index in [1.807, 2.05) is 19.9 Å². The zero-order valence-electron chi connectivity index (χ0n) is 13.8. The molecule has 0 radical (unpaired) electrons. The van der Waals surface area contributed by atoms with E-state index in [0.29, 0.717) is 12.1 Å². The van der Waals surface area contributed by atoms with Gasteiger partial charge in [-0.3, -0.25) is 14.3 Å². The second-order valence-electron chi connectivity index (χ2n) is 5.31. The summed E-state index contributed by atoms with van der Waals surface area (Å²) < 4.78 is 1.56. The molecule has 1 aromatic carbocycles. The van der Waals surface area contributed by atoms with E-state index in [2.05, 4.69) is 20.8 Å². The Labute approximate surface area is 149 Å². The lowest BCUT2D eigenvalue weighted by molar-refractivity contribution is 0.252. The van der Waals surface area contributed by atoms with Gasteiger partial charge in [0.1, 0.15) is 5.56 Å². The van der Waals surface area contributed by atoms with Gasteiger partial charge in [0.05, 0.1) is 6.21 Å². The summed E-state index contributed by atoms with van der Waals surface area (Å²) in [6, 6.07) is 8.14. The summed E-state index contributed by atoms with van der Waals surface area (Å²) in [4.78, 5) is 26.2. The fourth-order valence-electron chi connectivity index (χ4n) is 2.10. The highest BCUT2D eigenvalue weighted by Gasteiger charge is 2.14. The first-order valence-corrected chi connectivity index (χ1v) is 8.07. The maximum Gasteiger partial charge on any atom is 0.339 e. The molecule has 25 heavy (non-hydrogen) atoms. The van der Waals surface area contributed by atoms with Crippen molar-refractivity contribution in [2.45, 2.75) is 26.3 Å². The maximum atomic E-state index is 12.0. The molecular formula is C16H19N5O3S. The summed E-state index contributed by atoms with van der Waals surface area (Å²) in [6.07, 6.45) is 1.79. The molecule has 9 heteroatoms. The predicted octanol–water partition coefficient (Wildman–Crippen LogP) is 2.74. The Balaban J connectivity index is 2.17. The highest BCUT2D eigenvalue weighted by atomic mass is 32.1. The standard InChI is InChI=1S/C16H19N5O3S/c1-3-10(2)21-14(23)12(13(22)19-16(21)25)9-17-20-15(24)18-11-7-5-4-6-8-11/h4-10,23H,3H2,1-2H3,(H2,18,20,24)(H,19,22,25)/b17-9+. The molecular weight excluding hydrogens is 342 g/mol. The molecule has 4 N–H and O–H groups in total. The SMILES string of the molecule is CCC(C)n1c(O)c(/C=N/NC(=O)Nc2ccccc2)c(=O)[nH]c1=S. The number of rotatable bonds is 5. The van der Waals surface area contributed by atoms with Crippen LogP contribution in [0.4, 0.5) is 10.5 Å². The summed E-state index contributed by atoms with van der Waals surface area (Å²) in [5.74, 6) is -0.294. The number of hydrazone groups is 1. The fourth-order valence-corrected chi connectivity index (χ4v) is 2.46. The first-order chi connectivity index (χ1) is 11.9. The number of aromatic hydroxyl groups is 1. The van der Waals surface area contributed by atoms with E-state index in [0.717, 1.165) is 6.21 Å². The number of urea groups is 1. The van der Waals surface area contributed by atoms with Gasteiger partial charge >= 0.3 is 6.03 Å². The van der Waals surface area contributed by atoms with Crippen molar-refractivity contribution < 1.29 is 9.90 Å². The average molecular weight is 361 g/mol. The fraction of sp³-hybridized carbons (Fsp3) is 0.250. The smallest absolute Gasteiger partial charge is 0.339 e. The maximum absolute atomic E-state index is 12.0. The molecule has 1 heterocycles. The van der Waals surface area contributed by atoms with Crippen molar-refractivity contribution in [1.82, 2.24) is 15.0 Å². The number of H-pyrrole nitrogens is 1. The van der Waals surface area contributed by atoms with Gasteiger partial charge in [-0.15, -0.1) is 0 Å². The molecule has 1 atom stereocenters. The third-order valence-corrected chi connectivity index (χ3v) is 3.87. The van der Waals surface area contributed by atoms with E-state index in [9.17, 15) is 14.7 Å². The van der Waals surface area contributed by atoms with E-state index in [-0.39, 0.29) is 22.3 Å². The van der Waals surface area contributed by atoms with E-state index >= 15 is 0 Å². The molecule has 0 saturated heterocycles. The zero-order valence-corrected chi connectivity index (χ0v) is 14.6. The van der Waals surface area contributed by atoms with E-state index in [1.54, 1.807) is 24.3 Å². The van der Waals surface area contributed by atoms with Crippen LogP contribution in [0, 0.1) is 4.77 Å². The van der Waals surface area contributed by atoms with Gasteiger partial charge in [-0.1, -0.05) is 25.1 Å². The quantitative estimate of drug-likeness (QED) is 0.373. The minimum absolute atomic E-state index is 0.0890. The first-order valence-electron chi connectivity index (χ1n) is 7.67. The largest absolute Gasteiger partial charge is 0.494 e. The van der Waals surface area contributed by atoms with Gasteiger partial charge in [0.25, 0.3) is 5.56 Å². The molecule has 0 aliphatic rings. The van der Waals surface area contributed by atoms with Crippen LogP contribution < -0.4 is 16.3 Å². The lowest BCUT2D eigenvalue weighted by atomic mass is 10.2. The first kappa shape index (κ1) is 18.4. The molecule has 0 aliphatic heterocycles. The van der Waals surface area contributed by atoms with Crippen molar-refractivity contribution in [3.63, 3.8) is 0 Å². The number of benzene rings is 1. The van der Waals surface area contributed by atoms with Crippen LogP contribution in [-0.4, -0.2) is 26.9 Å². The van der Waals surface area contributed by atoms with Crippen LogP contribution in [0.3, 0.4) is 0 Å². The Bertz CT molecular complexity index is 889. The average Bonchev–Trinajstić information content (AvgIpc) is 2.58. The summed E-state index contributed by atoms with van der Waals surface area (Å²) in [5, 5.41) is 16.6. The van der Waals surface area contributed by atoms with Gasteiger partial charge in [-0.05, 0) is 37.7 Å². The Morgan fingerprint density at radius 3 is 2.76 bits per heavy atom. The molecule has 8 nitrogen and oxygen atoms in total. The Morgan fingerprint density at radius 2 is 2.12 bits per heavy atom. The number of aromatic nitrogens is 2. The molecule has 0 spiro atoms. The number of amides is 2. The number of carbonyl (C=O) groups is 1. The monoisotopic (exact) mass is 361 g/mol. The topological polar surface area (TPSA) is 112 Å². The molecule has 1 unspecified atom stereocenters. The summed E-state index contributed by atoms with van der Waals surface area (Å²) in [7, 11) is 0. The molecule has 2 aromatic rings. The number of carbonyl (C=O) groups excluding carboxylic acids is 1. The van der Waals surface area contributed by atoms with Gasteiger partial charge in [-0.25, -0.2) is 10.2 Å². The summed E-state index contributed by atoms with van der Waals surface area (Å²) in [5.41, 5.74) is 2.15. The third-order valence-electron chi connectivity index (χ3n) is 3.58. The molecule has 132 valence electrons. The highest BCUT2D eigenvalue weighted by Crippen LogP contribution is 2.19. The zero-order chi connectivity index (χ0) is 18.4. The lowest BCUT2D eigenvalue weighted by Crippen LogP contribution is -2.25. The molecule has 0 bridgehead atoms. The van der Waals surface area contributed by atoms with Crippen LogP contribution >= 0.6 is 12.2 Å². The second-order valence-corrected chi connectivity index (χ2v) is 5.70. The normalized spacial score (nSPS) is 12.1. The predicted molar refractivity (Wildman–Crippen MR) is 98.7 cm³/mol. The van der Waals surface area contributed by atoms with Crippen molar-refractivity contribution in [2.24, 2.45) is 5.10 Å². The van der Waals surface area contributed by atoms with E-state index in [4.69, 9.17) is 12.2 Å². The summed E-state index contributed by atoms with van der Waals surface area (Å²) >= 11 is 5.08. The number of nitrogens with one attached hydrogen (secondary N) is 3. The van der Waals surface area contributed by atoms with Gasteiger partial charge in [0.2, 0.25) is 5.88 Å². The van der Waals surface area contributed by atoms with E-state index in [1.165, 1.54) is 4.57 Å². The van der Waals surface area contributed by atoms with Gasteiger partial charge in [0, 0.05) is 11.7 Å². The molecule has 0 aliphatic carbocycles. The number of para-hydroxylation sites is 1. The van der Waals surface area contributed by atoms with Crippen molar-refractivity contribution in [3.8, 4) is 5.88 Å². The number of hydrogen-bond donors (Lipinski definition) is 4. The highest BCUT2D eigenvalue weighted by molar-refractivity contribution is 7.71. The summed E-state index contributed by atoms with van der Waals surface area (Å²) in [6.45, 7) is 3.79. The van der Waals surface area contributed by atoms with Crippen LogP contribution in [0.5, 0.6) is 5.88 Å². The Kier molecular flexibility index (Phi) is 6.07. The third kappa shape index (κ3) is 4.54. The van der Waals surface area contributed by atoms with Crippen molar-refractivity contribution >= 4 is 30.2 Å². The molecule has 0 fully saturated rings. The Hall–Kier alpha value is -2.94. The van der Waals surface area contributed by atoms with Gasteiger partial charge < -0.3 is 10.4 Å². The number of hydrogen-bond acceptors (Lipinski definition) is 5. The lowest BCUT2D eigenvalue weighted by Gasteiger charge is -2.16. The van der Waals surface area contributed by atoms with Crippen LogP contribution in [0.2, 0.25) is 0 Å². The van der Waals surface area contributed by atoms with Crippen molar-refractivity contribution in [1.29, 1.82) is 0 Å². The van der Waals surface area contributed by atoms with Crippen molar-refractivity contribution in [3.05, 3.63) is 51.0 Å². The van der Waals surface area contributed by atoms with Crippen LogP contribution in [-0.2, 0) is 0 Å². The molecule has 2 rings (SSSR count). The van der Waals surface area contributed by atoms with E-state index < -0.39 is 11.6 Å². The number of nitrogens with zero attached hydrogens (tertiary/aromatic N) is 2. The number of aromatic amines is 1. The van der Waals surface area contributed by atoms with Crippen LogP contribution in [0.15, 0.2) is 40.2 Å². The minimum Gasteiger partial charge on any atom is -0.494 e. The Morgan fingerprint density at radius 1 is 1.44 bits per heavy atom. The molecule has 0 saturated carbocycles. The van der Waals surface area contributed by atoms with Crippen molar-refractivity contribution in [2.75, 3.05) is 5.32 Å². The second kappa shape index (κ2) is 8.25. The minimum atomic E-state index is -0.587. The van der Waals surface area contributed by atoms with Gasteiger partial charge in [-0.2, -0.15) is 5.10 Å². The van der Waals surface area contributed by atoms with Crippen LogP contribution in [0.25, 0.3) is 0 Å². The van der Waals surface area contributed by atoms with Gasteiger partial charge in [0.15, 0.2) is 4.77 Å². The molecule has 2 amide bonds. The number of anilines is 1. The van der Waals surface area contributed by atoms with Crippen LogP contribution in [0.1, 0.15) is 31.9 Å². The molecule has 1 aromatic heterocycles.